The van der Waals surface area contributed by atoms with Crippen LogP contribution >= 0.6 is 11.3 Å². The number of urea groups is 1. The van der Waals surface area contributed by atoms with Crippen LogP contribution in [0.25, 0.3) is 11.3 Å². The van der Waals surface area contributed by atoms with Crippen LogP contribution in [0.3, 0.4) is 0 Å². The third kappa shape index (κ3) is 4.20. The van der Waals surface area contributed by atoms with Crippen molar-refractivity contribution in [1.29, 1.82) is 0 Å². The van der Waals surface area contributed by atoms with Crippen molar-refractivity contribution in [2.24, 2.45) is 0 Å². The molecule has 2 heterocycles. The van der Waals surface area contributed by atoms with Crippen molar-refractivity contribution in [3.63, 3.8) is 0 Å². The van der Waals surface area contributed by atoms with E-state index in [1.54, 1.807) is 29.7 Å². The Morgan fingerprint density at radius 2 is 1.91 bits per heavy atom. The minimum atomic E-state index is -0.289. The van der Waals surface area contributed by atoms with Crippen molar-refractivity contribution in [2.45, 2.75) is 13.1 Å². The zero-order chi connectivity index (χ0) is 16.1. The first kappa shape index (κ1) is 15.3. The smallest absolute Gasteiger partial charge is 0.315 e. The second-order valence-corrected chi connectivity index (χ2v) is 5.94. The lowest BCUT2D eigenvalue weighted by Gasteiger charge is -2.06. The molecule has 0 aliphatic heterocycles. The molecule has 4 nitrogen and oxygen atoms in total. The predicted molar refractivity (Wildman–Crippen MR) is 87.5 cm³/mol. The summed E-state index contributed by atoms with van der Waals surface area (Å²) in [6.07, 6.45) is 1.63. The fourth-order valence-corrected chi connectivity index (χ4v) is 2.87. The van der Waals surface area contributed by atoms with E-state index in [0.717, 1.165) is 21.8 Å². The molecule has 2 aromatic heterocycles. The fraction of sp³-hybridized carbons (Fsp3) is 0.118. The molecule has 0 aliphatic carbocycles. The third-order valence-electron chi connectivity index (χ3n) is 3.25. The number of hydrogen-bond donors (Lipinski definition) is 2. The van der Waals surface area contributed by atoms with E-state index in [0.29, 0.717) is 13.1 Å². The van der Waals surface area contributed by atoms with E-state index >= 15 is 0 Å². The number of hydrogen-bond acceptors (Lipinski definition) is 3. The number of nitrogens with one attached hydrogen (secondary N) is 2. The zero-order valence-electron chi connectivity index (χ0n) is 12.2. The van der Waals surface area contributed by atoms with Crippen LogP contribution in [0.2, 0.25) is 0 Å². The van der Waals surface area contributed by atoms with Gasteiger partial charge in [0, 0.05) is 22.4 Å². The number of thiophene rings is 1. The molecule has 118 valence electrons. The molecule has 2 N–H and O–H groups in total. The molecule has 0 atom stereocenters. The van der Waals surface area contributed by atoms with Gasteiger partial charge in [0.15, 0.2) is 0 Å². The molecule has 0 fully saturated rings. The van der Waals surface area contributed by atoms with Crippen molar-refractivity contribution in [2.75, 3.05) is 0 Å². The van der Waals surface area contributed by atoms with Crippen molar-refractivity contribution in [1.82, 2.24) is 10.6 Å². The molecule has 0 saturated heterocycles. The number of benzene rings is 1. The highest BCUT2D eigenvalue weighted by atomic mass is 32.1. The van der Waals surface area contributed by atoms with Gasteiger partial charge in [-0.25, -0.2) is 9.18 Å². The summed E-state index contributed by atoms with van der Waals surface area (Å²) in [5.41, 5.74) is 1.85. The van der Waals surface area contributed by atoms with Crippen LogP contribution in [0.5, 0.6) is 0 Å². The van der Waals surface area contributed by atoms with Gasteiger partial charge in [0.05, 0.1) is 12.8 Å². The van der Waals surface area contributed by atoms with E-state index in [4.69, 9.17) is 4.42 Å². The molecule has 0 bridgehead atoms. The molecule has 0 saturated carbocycles. The molecule has 23 heavy (non-hydrogen) atoms. The van der Waals surface area contributed by atoms with Crippen LogP contribution < -0.4 is 10.6 Å². The largest absolute Gasteiger partial charge is 0.464 e. The van der Waals surface area contributed by atoms with Gasteiger partial charge in [0.25, 0.3) is 0 Å². The van der Waals surface area contributed by atoms with E-state index in [2.05, 4.69) is 10.6 Å². The molecule has 2 amide bonds. The van der Waals surface area contributed by atoms with Crippen molar-refractivity contribution in [3.05, 3.63) is 70.4 Å². The highest BCUT2D eigenvalue weighted by Gasteiger charge is 2.06. The quantitative estimate of drug-likeness (QED) is 0.738. The molecular formula is C17H15FN2O2S. The summed E-state index contributed by atoms with van der Waals surface area (Å²) in [7, 11) is 0. The first-order valence-electron chi connectivity index (χ1n) is 7.08. The Morgan fingerprint density at radius 1 is 1.13 bits per heavy atom. The topological polar surface area (TPSA) is 54.3 Å². The van der Waals surface area contributed by atoms with Crippen LogP contribution in [0.1, 0.15) is 10.4 Å². The molecule has 0 aliphatic rings. The zero-order valence-corrected chi connectivity index (χ0v) is 13.0. The molecule has 3 aromatic rings. The van der Waals surface area contributed by atoms with E-state index in [9.17, 15) is 9.18 Å². The van der Waals surface area contributed by atoms with E-state index in [-0.39, 0.29) is 11.8 Å². The SMILES string of the molecule is O=C(NCc1ccc(F)cc1)NCc1cc(-c2ccco2)cs1. The molecule has 0 spiro atoms. The van der Waals surface area contributed by atoms with Gasteiger partial charge in [0.1, 0.15) is 11.6 Å². The van der Waals surface area contributed by atoms with Crippen LogP contribution in [0.15, 0.2) is 58.5 Å². The molecule has 0 unspecified atom stereocenters. The Bertz CT molecular complexity index is 766. The number of carbonyl (C=O) groups is 1. The van der Waals surface area contributed by atoms with Gasteiger partial charge < -0.3 is 15.1 Å². The Labute approximate surface area is 137 Å². The van der Waals surface area contributed by atoms with Gasteiger partial charge >= 0.3 is 6.03 Å². The standard InChI is InChI=1S/C17H15FN2O2S/c18-14-5-3-12(4-6-14)9-19-17(21)20-10-15-8-13(11-23-15)16-2-1-7-22-16/h1-8,11H,9-10H2,(H2,19,20,21). The summed E-state index contributed by atoms with van der Waals surface area (Å²) in [6, 6.07) is 11.5. The van der Waals surface area contributed by atoms with Gasteiger partial charge in [0.2, 0.25) is 0 Å². The number of furan rings is 1. The van der Waals surface area contributed by atoms with Gasteiger partial charge in [-0.15, -0.1) is 11.3 Å². The average Bonchev–Trinajstić information content (AvgIpc) is 3.23. The average molecular weight is 330 g/mol. The second kappa shape index (κ2) is 7.11. The lowest BCUT2D eigenvalue weighted by Crippen LogP contribution is -2.34. The monoisotopic (exact) mass is 330 g/mol. The molecule has 3 rings (SSSR count). The maximum Gasteiger partial charge on any atom is 0.315 e. The highest BCUT2D eigenvalue weighted by Crippen LogP contribution is 2.25. The van der Waals surface area contributed by atoms with Crippen molar-refractivity contribution >= 4 is 17.4 Å². The maximum absolute atomic E-state index is 12.8. The van der Waals surface area contributed by atoms with Gasteiger partial charge in [-0.3, -0.25) is 0 Å². The molecular weight excluding hydrogens is 315 g/mol. The Kier molecular flexibility index (Phi) is 4.73. The molecule has 0 radical (unpaired) electrons. The van der Waals surface area contributed by atoms with E-state index < -0.39 is 0 Å². The Hall–Kier alpha value is -2.60. The highest BCUT2D eigenvalue weighted by molar-refractivity contribution is 7.10. The number of halogens is 1. The van der Waals surface area contributed by atoms with Gasteiger partial charge in [-0.2, -0.15) is 0 Å². The summed E-state index contributed by atoms with van der Waals surface area (Å²) >= 11 is 1.56. The van der Waals surface area contributed by atoms with Crippen LogP contribution in [-0.2, 0) is 13.1 Å². The van der Waals surface area contributed by atoms with E-state index in [1.807, 2.05) is 23.6 Å². The summed E-state index contributed by atoms with van der Waals surface area (Å²) in [6.45, 7) is 0.800. The summed E-state index contributed by atoms with van der Waals surface area (Å²) in [5.74, 6) is 0.525. The number of rotatable bonds is 5. The number of carbonyl (C=O) groups excluding carboxylic acids is 1. The van der Waals surface area contributed by atoms with Crippen LogP contribution in [0, 0.1) is 5.82 Å². The van der Waals surface area contributed by atoms with Gasteiger partial charge in [-0.05, 0) is 35.9 Å². The lowest BCUT2D eigenvalue weighted by molar-refractivity contribution is 0.240. The maximum atomic E-state index is 12.8. The fourth-order valence-electron chi connectivity index (χ4n) is 2.06. The minimum absolute atomic E-state index is 0.262. The number of amides is 2. The van der Waals surface area contributed by atoms with E-state index in [1.165, 1.54) is 12.1 Å². The van der Waals surface area contributed by atoms with Crippen molar-refractivity contribution < 1.29 is 13.6 Å². The Balaban J connectivity index is 1.46. The van der Waals surface area contributed by atoms with Crippen LogP contribution in [-0.4, -0.2) is 6.03 Å². The first-order chi connectivity index (χ1) is 11.2. The summed E-state index contributed by atoms with van der Waals surface area (Å²) in [4.78, 5) is 12.8. The lowest BCUT2D eigenvalue weighted by atomic mass is 10.2. The minimum Gasteiger partial charge on any atom is -0.464 e. The second-order valence-electron chi connectivity index (χ2n) is 4.94. The normalized spacial score (nSPS) is 10.5. The van der Waals surface area contributed by atoms with Crippen LogP contribution in [0.4, 0.5) is 9.18 Å². The summed E-state index contributed by atoms with van der Waals surface area (Å²) < 4.78 is 18.1. The van der Waals surface area contributed by atoms with Crippen molar-refractivity contribution in [3.8, 4) is 11.3 Å². The Morgan fingerprint density at radius 3 is 2.65 bits per heavy atom. The van der Waals surface area contributed by atoms with Gasteiger partial charge in [-0.1, -0.05) is 12.1 Å². The molecule has 1 aromatic carbocycles. The third-order valence-corrected chi connectivity index (χ3v) is 4.19. The first-order valence-corrected chi connectivity index (χ1v) is 7.96. The predicted octanol–water partition coefficient (Wildman–Crippen LogP) is 4.15. The summed E-state index contributed by atoms with van der Waals surface area (Å²) in [5, 5.41) is 7.52. The molecule has 6 heteroatoms.